The van der Waals surface area contributed by atoms with Gasteiger partial charge in [0.15, 0.2) is 0 Å². The summed E-state index contributed by atoms with van der Waals surface area (Å²) >= 11 is 6.86. The Morgan fingerprint density at radius 1 is 1.19 bits per heavy atom. The van der Waals surface area contributed by atoms with Gasteiger partial charge in [0.25, 0.3) is 0 Å². The smallest absolute Gasteiger partial charge is 0.130 e. The number of aromatic nitrogens is 1. The summed E-state index contributed by atoms with van der Waals surface area (Å²) in [4.78, 5) is 4.29. The zero-order chi connectivity index (χ0) is 11.5. The third kappa shape index (κ3) is 2.83. The number of anilines is 2. The first-order valence-electron chi connectivity index (χ1n) is 4.80. The summed E-state index contributed by atoms with van der Waals surface area (Å²) in [5.41, 5.74) is 2.18. The molecular weight excluding hydrogens is 332 g/mol. The maximum absolute atomic E-state index is 4.29. The van der Waals surface area contributed by atoms with Crippen molar-refractivity contribution in [1.29, 1.82) is 0 Å². The molecule has 0 amide bonds. The summed E-state index contributed by atoms with van der Waals surface area (Å²) in [6.45, 7) is 2.04. The molecule has 0 spiro atoms. The molecule has 0 fully saturated rings. The van der Waals surface area contributed by atoms with Crippen molar-refractivity contribution in [2.75, 3.05) is 5.32 Å². The van der Waals surface area contributed by atoms with Crippen LogP contribution in [0.2, 0.25) is 0 Å². The van der Waals surface area contributed by atoms with Crippen LogP contribution in [0, 0.1) is 6.92 Å². The van der Waals surface area contributed by atoms with Crippen molar-refractivity contribution in [2.24, 2.45) is 0 Å². The zero-order valence-corrected chi connectivity index (χ0v) is 11.8. The molecule has 0 aliphatic carbocycles. The van der Waals surface area contributed by atoms with Gasteiger partial charge in [0.2, 0.25) is 0 Å². The minimum absolute atomic E-state index is 0.846. The Morgan fingerprint density at radius 2 is 2.00 bits per heavy atom. The lowest BCUT2D eigenvalue weighted by molar-refractivity contribution is 1.25. The average molecular weight is 342 g/mol. The van der Waals surface area contributed by atoms with Crippen LogP contribution in [0.1, 0.15) is 5.56 Å². The van der Waals surface area contributed by atoms with Gasteiger partial charge in [0.05, 0.1) is 0 Å². The van der Waals surface area contributed by atoms with Gasteiger partial charge in [-0.25, -0.2) is 4.98 Å². The maximum Gasteiger partial charge on any atom is 0.130 e. The van der Waals surface area contributed by atoms with E-state index in [4.69, 9.17) is 0 Å². The molecule has 2 aromatic rings. The summed E-state index contributed by atoms with van der Waals surface area (Å²) in [6.07, 6.45) is 1.80. The number of hydrogen-bond acceptors (Lipinski definition) is 2. The molecule has 4 heteroatoms. The van der Waals surface area contributed by atoms with Crippen LogP contribution in [0.25, 0.3) is 0 Å². The first kappa shape index (κ1) is 11.6. The molecule has 1 aromatic carbocycles. The summed E-state index contributed by atoms with van der Waals surface area (Å²) in [7, 11) is 0. The van der Waals surface area contributed by atoms with Crippen molar-refractivity contribution in [3.05, 3.63) is 51.0 Å². The number of aryl methyl sites for hydroxylation is 1. The van der Waals surface area contributed by atoms with Gasteiger partial charge in [-0.05, 0) is 52.7 Å². The maximum atomic E-state index is 4.29. The Labute approximate surface area is 111 Å². The molecule has 0 aliphatic rings. The predicted molar refractivity (Wildman–Crippen MR) is 74.1 cm³/mol. The van der Waals surface area contributed by atoms with E-state index in [0.717, 1.165) is 26.0 Å². The van der Waals surface area contributed by atoms with Crippen LogP contribution in [0.5, 0.6) is 0 Å². The Bertz CT molecular complexity index is 512. The highest BCUT2D eigenvalue weighted by Crippen LogP contribution is 2.22. The van der Waals surface area contributed by atoms with E-state index in [0.29, 0.717) is 0 Å². The highest BCUT2D eigenvalue weighted by atomic mass is 79.9. The average Bonchev–Trinajstić information content (AvgIpc) is 2.24. The fourth-order valence-corrected chi connectivity index (χ4v) is 1.94. The molecule has 82 valence electrons. The fraction of sp³-hybridized carbons (Fsp3) is 0.0833. The second kappa shape index (κ2) is 4.97. The van der Waals surface area contributed by atoms with Crippen LogP contribution in [-0.4, -0.2) is 4.98 Å². The Balaban J connectivity index is 2.24. The molecule has 0 bridgehead atoms. The number of nitrogens with one attached hydrogen (secondary N) is 1. The quantitative estimate of drug-likeness (QED) is 0.859. The number of benzene rings is 1. The van der Waals surface area contributed by atoms with Gasteiger partial charge in [0.1, 0.15) is 5.82 Å². The highest BCUT2D eigenvalue weighted by Gasteiger charge is 1.99. The third-order valence-corrected chi connectivity index (χ3v) is 3.47. The molecule has 16 heavy (non-hydrogen) atoms. The van der Waals surface area contributed by atoms with Crippen molar-refractivity contribution in [2.45, 2.75) is 6.92 Å². The molecular formula is C12H10Br2N2. The minimum Gasteiger partial charge on any atom is -0.340 e. The van der Waals surface area contributed by atoms with E-state index < -0.39 is 0 Å². The van der Waals surface area contributed by atoms with Gasteiger partial charge >= 0.3 is 0 Å². The van der Waals surface area contributed by atoms with Crippen molar-refractivity contribution < 1.29 is 0 Å². The van der Waals surface area contributed by atoms with Crippen molar-refractivity contribution in [1.82, 2.24) is 4.98 Å². The van der Waals surface area contributed by atoms with Crippen LogP contribution in [0.4, 0.5) is 11.5 Å². The number of nitrogens with zero attached hydrogens (tertiary/aromatic N) is 1. The molecule has 2 rings (SSSR count). The van der Waals surface area contributed by atoms with E-state index in [-0.39, 0.29) is 0 Å². The van der Waals surface area contributed by atoms with E-state index in [1.165, 1.54) is 0 Å². The van der Waals surface area contributed by atoms with Gasteiger partial charge in [-0.1, -0.05) is 22.0 Å². The normalized spacial score (nSPS) is 10.2. The molecule has 0 aliphatic heterocycles. The zero-order valence-electron chi connectivity index (χ0n) is 8.67. The molecule has 0 saturated heterocycles. The van der Waals surface area contributed by atoms with Crippen LogP contribution >= 0.6 is 31.9 Å². The van der Waals surface area contributed by atoms with Crippen molar-refractivity contribution in [3.63, 3.8) is 0 Å². The number of halogens is 2. The van der Waals surface area contributed by atoms with Crippen LogP contribution in [-0.2, 0) is 0 Å². The predicted octanol–water partition coefficient (Wildman–Crippen LogP) is 4.66. The Morgan fingerprint density at radius 3 is 2.69 bits per heavy atom. The lowest BCUT2D eigenvalue weighted by Gasteiger charge is -2.07. The SMILES string of the molecule is Cc1cc(Nc2cccc(Br)c2)ncc1Br. The molecule has 1 heterocycles. The lowest BCUT2D eigenvalue weighted by Crippen LogP contribution is -1.94. The van der Waals surface area contributed by atoms with Crippen LogP contribution in [0.3, 0.4) is 0 Å². The van der Waals surface area contributed by atoms with Gasteiger partial charge < -0.3 is 5.32 Å². The summed E-state index contributed by atoms with van der Waals surface area (Å²) in [6, 6.07) is 10.00. The molecule has 1 aromatic heterocycles. The van der Waals surface area contributed by atoms with Crippen molar-refractivity contribution >= 4 is 43.4 Å². The van der Waals surface area contributed by atoms with Crippen molar-refractivity contribution in [3.8, 4) is 0 Å². The molecule has 1 N–H and O–H groups in total. The summed E-state index contributed by atoms with van der Waals surface area (Å²) < 4.78 is 2.07. The molecule has 0 radical (unpaired) electrons. The lowest BCUT2D eigenvalue weighted by atomic mass is 10.3. The largest absolute Gasteiger partial charge is 0.340 e. The van der Waals surface area contributed by atoms with E-state index in [1.807, 2.05) is 37.3 Å². The summed E-state index contributed by atoms with van der Waals surface area (Å²) in [5.74, 6) is 0.846. The van der Waals surface area contributed by atoms with E-state index >= 15 is 0 Å². The fourth-order valence-electron chi connectivity index (χ4n) is 1.32. The topological polar surface area (TPSA) is 24.9 Å². The minimum atomic E-state index is 0.846. The van der Waals surface area contributed by atoms with E-state index in [1.54, 1.807) is 6.20 Å². The second-order valence-corrected chi connectivity index (χ2v) is 5.22. The first-order chi connectivity index (χ1) is 7.65. The number of pyridine rings is 1. The van der Waals surface area contributed by atoms with E-state index in [9.17, 15) is 0 Å². The highest BCUT2D eigenvalue weighted by molar-refractivity contribution is 9.10. The number of hydrogen-bond donors (Lipinski definition) is 1. The summed E-state index contributed by atoms with van der Waals surface area (Å²) in [5, 5.41) is 3.25. The molecule has 0 unspecified atom stereocenters. The molecule has 0 atom stereocenters. The van der Waals surface area contributed by atoms with Crippen LogP contribution in [0.15, 0.2) is 45.5 Å². The Hall–Kier alpha value is -0.870. The standard InChI is InChI=1S/C12H10Br2N2/c1-8-5-12(15-7-11(8)14)16-10-4-2-3-9(13)6-10/h2-7H,1H3,(H,15,16). The third-order valence-electron chi connectivity index (χ3n) is 2.14. The van der Waals surface area contributed by atoms with Gasteiger partial charge in [-0.15, -0.1) is 0 Å². The first-order valence-corrected chi connectivity index (χ1v) is 6.38. The van der Waals surface area contributed by atoms with Gasteiger partial charge in [-0.2, -0.15) is 0 Å². The number of rotatable bonds is 2. The van der Waals surface area contributed by atoms with Gasteiger partial charge in [0, 0.05) is 20.8 Å². The van der Waals surface area contributed by atoms with Gasteiger partial charge in [-0.3, -0.25) is 0 Å². The van der Waals surface area contributed by atoms with E-state index in [2.05, 4.69) is 42.2 Å². The molecule has 0 saturated carbocycles. The Kier molecular flexibility index (Phi) is 3.61. The molecule has 2 nitrogen and oxygen atoms in total. The second-order valence-electron chi connectivity index (χ2n) is 3.45. The monoisotopic (exact) mass is 340 g/mol. The van der Waals surface area contributed by atoms with Crippen LogP contribution < -0.4 is 5.32 Å².